The molecule has 1 saturated carbocycles. The molecule has 0 spiro atoms. The number of hydrogen-bond donors (Lipinski definition) is 3. The van der Waals surface area contributed by atoms with Crippen LogP contribution in [0.25, 0.3) is 0 Å². The van der Waals surface area contributed by atoms with E-state index < -0.39 is 0 Å². The average molecular weight is 376 g/mol. The first-order chi connectivity index (χ1) is 13.0. The summed E-state index contributed by atoms with van der Waals surface area (Å²) in [6.45, 7) is 7.77. The van der Waals surface area contributed by atoms with Gasteiger partial charge >= 0.3 is 6.03 Å². The Balaban J connectivity index is 1.93. The molecule has 3 atom stereocenters. The molecule has 27 heavy (non-hydrogen) atoms. The standard InChI is InChI=1S/C21H33N3O3/c1-4-12-27-19-11-10-16(13-18(19)24-21(26)22-5-2)20(25)23-14-17-9-7-6-8-15(17)3/h6-9,16,18-19H,4-5,10-14H2,1-3H3,(H,23,25)(H2,22,24,26)/t16-,18+,19+/m0/s1. The highest BCUT2D eigenvalue weighted by Crippen LogP contribution is 2.27. The topological polar surface area (TPSA) is 79.5 Å². The van der Waals surface area contributed by atoms with Crippen molar-refractivity contribution in [1.29, 1.82) is 0 Å². The second-order valence-electron chi connectivity index (χ2n) is 7.17. The molecule has 0 radical (unpaired) electrons. The predicted molar refractivity (Wildman–Crippen MR) is 106 cm³/mol. The van der Waals surface area contributed by atoms with Crippen LogP contribution in [0, 0.1) is 12.8 Å². The predicted octanol–water partition coefficient (Wildman–Crippen LogP) is 2.89. The van der Waals surface area contributed by atoms with Gasteiger partial charge in [0.25, 0.3) is 0 Å². The van der Waals surface area contributed by atoms with Crippen molar-refractivity contribution >= 4 is 11.9 Å². The first kappa shape index (κ1) is 21.2. The largest absolute Gasteiger partial charge is 0.376 e. The Bertz CT molecular complexity index is 620. The summed E-state index contributed by atoms with van der Waals surface area (Å²) in [6.07, 6.45) is 3.06. The van der Waals surface area contributed by atoms with Crippen LogP contribution >= 0.6 is 0 Å². The minimum absolute atomic E-state index is 0.0343. The third-order valence-electron chi connectivity index (χ3n) is 5.06. The normalized spacial score (nSPS) is 22.1. The minimum atomic E-state index is -0.200. The molecule has 6 nitrogen and oxygen atoms in total. The maximum Gasteiger partial charge on any atom is 0.315 e. The van der Waals surface area contributed by atoms with Crippen molar-refractivity contribution in [2.45, 2.75) is 65.1 Å². The second kappa shape index (κ2) is 10.9. The van der Waals surface area contributed by atoms with E-state index in [0.29, 0.717) is 26.1 Å². The summed E-state index contributed by atoms with van der Waals surface area (Å²) in [5, 5.41) is 8.81. The zero-order valence-corrected chi connectivity index (χ0v) is 16.7. The van der Waals surface area contributed by atoms with Crippen LogP contribution in [0.4, 0.5) is 4.79 Å². The number of rotatable bonds is 8. The lowest BCUT2D eigenvalue weighted by atomic mass is 9.83. The van der Waals surface area contributed by atoms with Gasteiger partial charge in [0.05, 0.1) is 12.1 Å². The molecule has 1 aliphatic rings. The van der Waals surface area contributed by atoms with E-state index >= 15 is 0 Å². The van der Waals surface area contributed by atoms with Crippen LogP contribution in [0.3, 0.4) is 0 Å². The summed E-state index contributed by atoms with van der Waals surface area (Å²) in [7, 11) is 0. The summed E-state index contributed by atoms with van der Waals surface area (Å²) in [4.78, 5) is 24.7. The number of nitrogens with one attached hydrogen (secondary N) is 3. The molecule has 3 amide bonds. The van der Waals surface area contributed by atoms with Crippen LogP contribution < -0.4 is 16.0 Å². The third-order valence-corrected chi connectivity index (χ3v) is 5.06. The van der Waals surface area contributed by atoms with Crippen molar-refractivity contribution in [2.75, 3.05) is 13.2 Å². The molecule has 0 saturated heterocycles. The van der Waals surface area contributed by atoms with Gasteiger partial charge in [0.2, 0.25) is 5.91 Å². The highest BCUT2D eigenvalue weighted by Gasteiger charge is 2.35. The Morgan fingerprint density at radius 1 is 1.15 bits per heavy atom. The van der Waals surface area contributed by atoms with Gasteiger partial charge in [0.15, 0.2) is 0 Å². The summed E-state index contributed by atoms with van der Waals surface area (Å²) in [6, 6.07) is 7.71. The number of urea groups is 1. The molecule has 0 bridgehead atoms. The number of hydrogen-bond acceptors (Lipinski definition) is 3. The van der Waals surface area contributed by atoms with E-state index in [1.165, 1.54) is 5.56 Å². The fourth-order valence-corrected chi connectivity index (χ4v) is 3.52. The molecule has 0 aromatic heterocycles. The van der Waals surface area contributed by atoms with Crippen LogP contribution in [-0.4, -0.2) is 37.2 Å². The molecular weight excluding hydrogens is 342 g/mol. The Morgan fingerprint density at radius 2 is 1.93 bits per heavy atom. The zero-order chi connectivity index (χ0) is 19.6. The molecule has 1 aliphatic carbocycles. The summed E-state index contributed by atoms with van der Waals surface area (Å²) in [5.74, 6) is -0.0580. The Hall–Kier alpha value is -2.08. The molecule has 0 unspecified atom stereocenters. The highest BCUT2D eigenvalue weighted by molar-refractivity contribution is 5.79. The van der Waals surface area contributed by atoms with Gasteiger partial charge < -0.3 is 20.7 Å². The Kier molecular flexibility index (Phi) is 8.58. The smallest absolute Gasteiger partial charge is 0.315 e. The number of ether oxygens (including phenoxy) is 1. The highest BCUT2D eigenvalue weighted by atomic mass is 16.5. The lowest BCUT2D eigenvalue weighted by Crippen LogP contribution is -2.52. The van der Waals surface area contributed by atoms with Gasteiger partial charge in [-0.05, 0) is 50.7 Å². The number of aryl methyl sites for hydroxylation is 1. The van der Waals surface area contributed by atoms with E-state index in [1.807, 2.05) is 38.1 Å². The number of benzene rings is 1. The molecule has 6 heteroatoms. The molecule has 3 N–H and O–H groups in total. The van der Waals surface area contributed by atoms with Gasteiger partial charge in [-0.3, -0.25) is 4.79 Å². The van der Waals surface area contributed by atoms with E-state index in [1.54, 1.807) is 0 Å². The van der Waals surface area contributed by atoms with Crippen LogP contribution in [0.5, 0.6) is 0 Å². The van der Waals surface area contributed by atoms with Gasteiger partial charge in [-0.2, -0.15) is 0 Å². The quantitative estimate of drug-likeness (QED) is 0.654. The monoisotopic (exact) mass is 375 g/mol. The number of carbonyl (C=O) groups excluding carboxylic acids is 2. The third kappa shape index (κ3) is 6.54. The first-order valence-electron chi connectivity index (χ1n) is 10.0. The maximum atomic E-state index is 12.7. The molecule has 1 aromatic carbocycles. The lowest BCUT2D eigenvalue weighted by Gasteiger charge is -2.36. The number of carbonyl (C=O) groups is 2. The van der Waals surface area contributed by atoms with Gasteiger partial charge in [-0.25, -0.2) is 4.79 Å². The van der Waals surface area contributed by atoms with Crippen molar-refractivity contribution in [2.24, 2.45) is 5.92 Å². The van der Waals surface area contributed by atoms with Crippen molar-refractivity contribution in [3.63, 3.8) is 0 Å². The van der Waals surface area contributed by atoms with Gasteiger partial charge in [-0.15, -0.1) is 0 Å². The Labute approximate surface area is 162 Å². The first-order valence-corrected chi connectivity index (χ1v) is 10.0. The van der Waals surface area contributed by atoms with Crippen molar-refractivity contribution in [3.8, 4) is 0 Å². The van der Waals surface area contributed by atoms with Gasteiger partial charge in [0, 0.05) is 25.6 Å². The molecule has 1 aromatic rings. The van der Waals surface area contributed by atoms with Crippen LogP contribution in [0.1, 0.15) is 50.7 Å². The fraction of sp³-hybridized carbons (Fsp3) is 0.619. The summed E-state index contributed by atoms with van der Waals surface area (Å²) < 4.78 is 5.92. The average Bonchev–Trinajstić information content (AvgIpc) is 2.66. The van der Waals surface area contributed by atoms with Crippen molar-refractivity contribution in [3.05, 3.63) is 35.4 Å². The zero-order valence-electron chi connectivity index (χ0n) is 16.7. The maximum absolute atomic E-state index is 12.7. The van der Waals surface area contributed by atoms with E-state index in [0.717, 1.165) is 24.8 Å². The van der Waals surface area contributed by atoms with Gasteiger partial charge in [0.1, 0.15) is 0 Å². The molecule has 2 rings (SSSR count). The molecule has 1 fully saturated rings. The van der Waals surface area contributed by atoms with Crippen molar-refractivity contribution in [1.82, 2.24) is 16.0 Å². The molecular formula is C21H33N3O3. The van der Waals surface area contributed by atoms with Crippen LogP contribution in [-0.2, 0) is 16.1 Å². The SMILES string of the molecule is CCCO[C@@H]1CC[C@H](C(=O)NCc2ccccc2C)C[C@H]1NC(=O)NCC. The Morgan fingerprint density at radius 3 is 2.63 bits per heavy atom. The van der Waals surface area contributed by atoms with Crippen LogP contribution in [0.2, 0.25) is 0 Å². The molecule has 0 heterocycles. The van der Waals surface area contributed by atoms with E-state index in [9.17, 15) is 9.59 Å². The fourth-order valence-electron chi connectivity index (χ4n) is 3.52. The van der Waals surface area contributed by atoms with E-state index in [4.69, 9.17) is 4.74 Å². The summed E-state index contributed by atoms with van der Waals surface area (Å²) >= 11 is 0. The minimum Gasteiger partial charge on any atom is -0.376 e. The summed E-state index contributed by atoms with van der Waals surface area (Å²) in [5.41, 5.74) is 2.30. The van der Waals surface area contributed by atoms with Gasteiger partial charge in [-0.1, -0.05) is 31.2 Å². The van der Waals surface area contributed by atoms with Crippen LogP contribution in [0.15, 0.2) is 24.3 Å². The van der Waals surface area contributed by atoms with E-state index in [2.05, 4.69) is 22.9 Å². The second-order valence-corrected chi connectivity index (χ2v) is 7.17. The molecule has 0 aliphatic heterocycles. The van der Waals surface area contributed by atoms with Crippen molar-refractivity contribution < 1.29 is 14.3 Å². The number of amides is 3. The lowest BCUT2D eigenvalue weighted by molar-refractivity contribution is -0.127. The van der Waals surface area contributed by atoms with E-state index in [-0.39, 0.29) is 30.0 Å². The molecule has 150 valence electrons.